The molecule has 0 N–H and O–H groups in total. The highest BCUT2D eigenvalue weighted by Gasteiger charge is 2.74. The molecule has 0 saturated carbocycles. The Bertz CT molecular complexity index is 1650. The van der Waals surface area contributed by atoms with E-state index in [2.05, 4.69) is 0 Å². The Hall–Kier alpha value is -3.63. The van der Waals surface area contributed by atoms with Gasteiger partial charge in [0.1, 0.15) is 21.8 Å². The first kappa shape index (κ1) is 36.2. The molecule has 1 saturated heterocycles. The van der Waals surface area contributed by atoms with Gasteiger partial charge in [0.25, 0.3) is 0 Å². The van der Waals surface area contributed by atoms with Crippen LogP contribution in [0, 0.1) is 5.82 Å². The molecular formula is C30H32F8N2O6S. The Kier molecular flexibility index (Phi) is 8.65. The number of benzene rings is 2. The van der Waals surface area contributed by atoms with Crippen molar-refractivity contribution in [2.75, 3.05) is 18.0 Å². The van der Waals surface area contributed by atoms with Crippen LogP contribution in [0.25, 0.3) is 0 Å². The van der Waals surface area contributed by atoms with Gasteiger partial charge in [0.05, 0.1) is 23.2 Å². The molecule has 0 bridgehead atoms. The van der Waals surface area contributed by atoms with Gasteiger partial charge in [-0.25, -0.2) is 26.8 Å². The molecule has 2 amide bonds. The third-order valence-electron chi connectivity index (χ3n) is 7.76. The highest BCUT2D eigenvalue weighted by molar-refractivity contribution is 7.92. The van der Waals surface area contributed by atoms with E-state index < -0.39 is 103 Å². The maximum atomic E-state index is 15.3. The third kappa shape index (κ3) is 6.10. The van der Waals surface area contributed by atoms with Crippen LogP contribution < -0.4 is 4.90 Å². The second kappa shape index (κ2) is 11.2. The first-order chi connectivity index (χ1) is 21.2. The van der Waals surface area contributed by atoms with Crippen LogP contribution in [0.3, 0.4) is 0 Å². The Balaban J connectivity index is 2.09. The molecule has 0 spiro atoms. The fraction of sp³-hybridized carbons (Fsp3) is 0.533. The van der Waals surface area contributed by atoms with Crippen LogP contribution in [0.2, 0.25) is 0 Å². The smallest absolute Gasteiger partial charge is 0.435 e. The summed E-state index contributed by atoms with van der Waals surface area (Å²) in [5, 5.41) is 0. The van der Waals surface area contributed by atoms with Crippen LogP contribution >= 0.6 is 0 Å². The molecule has 2 atom stereocenters. The Morgan fingerprint density at radius 2 is 1.32 bits per heavy atom. The number of nitrogens with zero attached hydrogens (tertiary/aromatic N) is 2. The largest absolute Gasteiger partial charge is 0.444 e. The van der Waals surface area contributed by atoms with Crippen molar-refractivity contribution in [3.8, 4) is 0 Å². The molecule has 2 aromatic rings. The van der Waals surface area contributed by atoms with E-state index in [1.165, 1.54) is 41.5 Å². The van der Waals surface area contributed by atoms with Gasteiger partial charge in [-0.3, -0.25) is 4.90 Å². The molecule has 0 radical (unpaired) electrons. The number of rotatable bonds is 3. The normalized spacial score (nSPS) is 20.9. The molecule has 2 aliphatic rings. The lowest BCUT2D eigenvalue weighted by molar-refractivity contribution is -0.348. The molecule has 8 nitrogen and oxygen atoms in total. The number of sulfone groups is 1. The summed E-state index contributed by atoms with van der Waals surface area (Å²) in [6.07, 6.45) is -15.9. The van der Waals surface area contributed by atoms with Crippen LogP contribution in [-0.4, -0.2) is 68.2 Å². The minimum atomic E-state index is -6.52. The number of anilines is 1. The zero-order valence-electron chi connectivity index (χ0n) is 26.0. The van der Waals surface area contributed by atoms with Gasteiger partial charge in [-0.05, 0) is 83.9 Å². The molecular weight excluding hydrogens is 668 g/mol. The summed E-state index contributed by atoms with van der Waals surface area (Å²) in [5.41, 5.74) is -11.6. The number of hydrogen-bond acceptors (Lipinski definition) is 6. The minimum Gasteiger partial charge on any atom is -0.444 e. The summed E-state index contributed by atoms with van der Waals surface area (Å²) in [6, 6.07) is 2.73. The van der Waals surface area contributed by atoms with Crippen molar-refractivity contribution in [3.05, 3.63) is 59.4 Å². The molecule has 4 rings (SSSR count). The fourth-order valence-corrected chi connectivity index (χ4v) is 8.12. The maximum absolute atomic E-state index is 15.3. The molecule has 2 aliphatic heterocycles. The van der Waals surface area contributed by atoms with Crippen molar-refractivity contribution in [1.29, 1.82) is 0 Å². The zero-order valence-corrected chi connectivity index (χ0v) is 26.8. The van der Waals surface area contributed by atoms with Gasteiger partial charge in [-0.15, -0.1) is 0 Å². The van der Waals surface area contributed by atoms with Gasteiger partial charge in [-0.2, -0.15) is 26.3 Å². The van der Waals surface area contributed by atoms with Crippen LogP contribution in [0.15, 0.2) is 47.4 Å². The molecule has 17 heteroatoms. The van der Waals surface area contributed by atoms with E-state index in [-0.39, 0.29) is 18.7 Å². The van der Waals surface area contributed by atoms with Crippen molar-refractivity contribution in [3.63, 3.8) is 0 Å². The monoisotopic (exact) mass is 700 g/mol. The van der Waals surface area contributed by atoms with Crippen LogP contribution in [-0.2, 0) is 29.7 Å². The molecule has 47 heavy (non-hydrogen) atoms. The first-order valence-electron chi connectivity index (χ1n) is 14.1. The minimum absolute atomic E-state index is 0.120. The molecule has 1 fully saturated rings. The average molecular weight is 701 g/mol. The molecule has 2 aromatic carbocycles. The second-order valence-corrected chi connectivity index (χ2v) is 15.5. The number of ether oxygens (including phenoxy) is 2. The number of halogens is 8. The maximum Gasteiger partial charge on any atom is 0.435 e. The van der Waals surface area contributed by atoms with E-state index in [1.54, 1.807) is 0 Å². The summed E-state index contributed by atoms with van der Waals surface area (Å²) >= 11 is 0. The van der Waals surface area contributed by atoms with Crippen molar-refractivity contribution < 1.29 is 62.6 Å². The fourth-order valence-electron chi connectivity index (χ4n) is 5.82. The Morgan fingerprint density at radius 3 is 1.81 bits per heavy atom. The number of carbonyl (C=O) groups is 2. The Morgan fingerprint density at radius 1 is 0.809 bits per heavy atom. The van der Waals surface area contributed by atoms with Gasteiger partial charge in [0.15, 0.2) is 9.84 Å². The standard InChI is InChI=1S/C30H32F8N2O6S/c1-25(2,3)45-23(41)39-14-13-27(47(43,44)19-10-8-18(31)9-11-19)20-12-7-17(28(32,29(33,34)35)30(36,37)38)15-21(20)40(16-22(27)39)24(42)46-26(4,5)6/h7-12,15,22H,13-14,16H2,1-6H3. The summed E-state index contributed by atoms with van der Waals surface area (Å²) < 4.78 is 150. The SMILES string of the molecule is CC(C)(C)OC(=O)N1CC2N(C(=O)OC(C)(C)C)CCC2(S(=O)(=O)c2ccc(F)cc2)c2ccc(C(F)(C(F)(F)F)C(F)(F)F)cc21. The van der Waals surface area contributed by atoms with Crippen molar-refractivity contribution in [2.45, 2.75) is 92.9 Å². The van der Waals surface area contributed by atoms with Crippen molar-refractivity contribution in [2.24, 2.45) is 0 Å². The topological polar surface area (TPSA) is 93.2 Å². The van der Waals surface area contributed by atoms with Gasteiger partial charge in [0.2, 0.25) is 0 Å². The van der Waals surface area contributed by atoms with Crippen molar-refractivity contribution in [1.82, 2.24) is 4.90 Å². The second-order valence-electron chi connectivity index (χ2n) is 13.3. The van der Waals surface area contributed by atoms with E-state index in [0.29, 0.717) is 11.0 Å². The van der Waals surface area contributed by atoms with Crippen molar-refractivity contribution >= 4 is 27.7 Å². The number of alkyl halides is 7. The number of hydrogen-bond donors (Lipinski definition) is 0. The van der Waals surface area contributed by atoms with E-state index in [1.807, 2.05) is 0 Å². The predicted molar refractivity (Wildman–Crippen MR) is 152 cm³/mol. The lowest BCUT2D eigenvalue weighted by Gasteiger charge is -2.46. The van der Waals surface area contributed by atoms with Crippen LogP contribution in [0.4, 0.5) is 50.4 Å². The summed E-state index contributed by atoms with van der Waals surface area (Å²) in [4.78, 5) is 28.0. The van der Waals surface area contributed by atoms with E-state index in [0.717, 1.165) is 29.2 Å². The molecule has 0 aliphatic carbocycles. The first-order valence-corrected chi connectivity index (χ1v) is 15.6. The number of amides is 2. The highest BCUT2D eigenvalue weighted by atomic mass is 32.2. The average Bonchev–Trinajstić information content (AvgIpc) is 3.30. The zero-order chi connectivity index (χ0) is 35.8. The van der Waals surface area contributed by atoms with Gasteiger partial charge in [0, 0.05) is 12.1 Å². The highest BCUT2D eigenvalue weighted by Crippen LogP contribution is 2.58. The summed E-state index contributed by atoms with van der Waals surface area (Å²) in [5.74, 6) is -0.817. The number of fused-ring (bicyclic) bond motifs is 3. The van der Waals surface area contributed by atoms with E-state index in [4.69, 9.17) is 9.47 Å². The number of carbonyl (C=O) groups excluding carboxylic acids is 2. The van der Waals surface area contributed by atoms with Gasteiger partial charge < -0.3 is 14.4 Å². The predicted octanol–water partition coefficient (Wildman–Crippen LogP) is 7.55. The third-order valence-corrected chi connectivity index (χ3v) is 10.3. The van der Waals surface area contributed by atoms with E-state index >= 15 is 4.39 Å². The summed E-state index contributed by atoms with van der Waals surface area (Å²) in [7, 11) is -4.82. The van der Waals surface area contributed by atoms with E-state index in [9.17, 15) is 48.7 Å². The molecule has 0 aromatic heterocycles. The lowest BCUT2D eigenvalue weighted by atomic mass is 9.82. The molecule has 2 unspecified atom stereocenters. The molecule has 260 valence electrons. The Labute approximate surface area is 265 Å². The number of likely N-dealkylation sites (tertiary alicyclic amines) is 1. The lowest BCUT2D eigenvalue weighted by Crippen LogP contribution is -2.60. The summed E-state index contributed by atoms with van der Waals surface area (Å²) in [6.45, 7) is 7.63. The van der Waals surface area contributed by atoms with Gasteiger partial charge in [-0.1, -0.05) is 12.1 Å². The molecule has 2 heterocycles. The van der Waals surface area contributed by atoms with Crippen LogP contribution in [0.5, 0.6) is 0 Å². The quantitative estimate of drug-likeness (QED) is 0.243. The van der Waals surface area contributed by atoms with Crippen LogP contribution in [0.1, 0.15) is 59.1 Å². The van der Waals surface area contributed by atoms with Gasteiger partial charge >= 0.3 is 30.2 Å².